The Morgan fingerprint density at radius 2 is 2.09 bits per heavy atom. The number of hydrogen-bond donors (Lipinski definition) is 1. The van der Waals surface area contributed by atoms with Crippen molar-refractivity contribution in [2.75, 3.05) is 32.1 Å². The third kappa shape index (κ3) is 3.85. The summed E-state index contributed by atoms with van der Waals surface area (Å²) in [4.78, 5) is 28.4. The maximum Gasteiger partial charge on any atom is 0.249 e. The van der Waals surface area contributed by atoms with Crippen LogP contribution in [-0.4, -0.2) is 49.9 Å². The predicted molar refractivity (Wildman–Crippen MR) is 87.7 cm³/mol. The number of para-hydroxylation sites is 1. The van der Waals surface area contributed by atoms with Crippen molar-refractivity contribution >= 4 is 17.5 Å². The van der Waals surface area contributed by atoms with E-state index in [0.29, 0.717) is 6.42 Å². The van der Waals surface area contributed by atoms with Crippen LogP contribution in [0.1, 0.15) is 25.7 Å². The Bertz CT molecular complexity index is 504. The molecule has 1 aliphatic heterocycles. The highest BCUT2D eigenvalue weighted by atomic mass is 16.2. The highest BCUT2D eigenvalue weighted by Gasteiger charge is 2.34. The van der Waals surface area contributed by atoms with E-state index in [1.807, 2.05) is 37.4 Å². The number of piperidine rings is 1. The molecule has 22 heavy (non-hydrogen) atoms. The van der Waals surface area contributed by atoms with Gasteiger partial charge in [0.05, 0.1) is 0 Å². The molecule has 5 nitrogen and oxygen atoms in total. The number of nitrogens with one attached hydrogen (secondary N) is 1. The van der Waals surface area contributed by atoms with E-state index in [4.69, 9.17) is 0 Å². The smallest absolute Gasteiger partial charge is 0.249 e. The average Bonchev–Trinajstić information content (AvgIpc) is 2.55. The van der Waals surface area contributed by atoms with E-state index >= 15 is 0 Å². The molecule has 1 fully saturated rings. The molecule has 1 aromatic rings. The Hall–Kier alpha value is -1.88. The molecule has 5 heteroatoms. The molecule has 1 N–H and O–H groups in total. The Morgan fingerprint density at radius 1 is 1.36 bits per heavy atom. The SMILES string of the molecule is CNCCCC(=O)N(C)C1CCCN(c2ccccc2)C1=O. The fourth-order valence-corrected chi connectivity index (χ4v) is 2.85. The standard InChI is InChI=1S/C17H25N3O2/c1-18-12-6-11-16(21)19(2)15-10-7-13-20(17(15)22)14-8-4-3-5-9-14/h3-5,8-9,15,18H,6-7,10-13H2,1-2H3. The molecule has 2 rings (SSSR count). The molecule has 1 unspecified atom stereocenters. The fraction of sp³-hybridized carbons (Fsp3) is 0.529. The van der Waals surface area contributed by atoms with E-state index < -0.39 is 0 Å². The van der Waals surface area contributed by atoms with Crippen molar-refractivity contribution in [3.8, 4) is 0 Å². The largest absolute Gasteiger partial charge is 0.334 e. The number of carbonyl (C=O) groups is 2. The minimum Gasteiger partial charge on any atom is -0.334 e. The summed E-state index contributed by atoms with van der Waals surface area (Å²) in [6, 6.07) is 9.34. The zero-order valence-corrected chi connectivity index (χ0v) is 13.4. The average molecular weight is 303 g/mol. The van der Waals surface area contributed by atoms with Crippen molar-refractivity contribution in [1.29, 1.82) is 0 Å². The molecule has 1 saturated heterocycles. The van der Waals surface area contributed by atoms with Gasteiger partial charge in [-0.3, -0.25) is 9.59 Å². The highest BCUT2D eigenvalue weighted by Crippen LogP contribution is 2.23. The number of nitrogens with zero attached hydrogens (tertiary/aromatic N) is 2. The van der Waals surface area contributed by atoms with Gasteiger partial charge in [-0.25, -0.2) is 0 Å². The van der Waals surface area contributed by atoms with E-state index in [1.165, 1.54) is 0 Å². The van der Waals surface area contributed by atoms with Crippen molar-refractivity contribution < 1.29 is 9.59 Å². The third-order valence-corrected chi connectivity index (χ3v) is 4.16. The van der Waals surface area contributed by atoms with Crippen LogP contribution in [0.15, 0.2) is 30.3 Å². The molecule has 0 aliphatic carbocycles. The predicted octanol–water partition coefficient (Wildman–Crippen LogP) is 1.64. The van der Waals surface area contributed by atoms with Crippen LogP contribution >= 0.6 is 0 Å². The summed E-state index contributed by atoms with van der Waals surface area (Å²) < 4.78 is 0. The molecular formula is C17H25N3O2. The topological polar surface area (TPSA) is 52.7 Å². The zero-order valence-electron chi connectivity index (χ0n) is 13.4. The Kier molecular flexibility index (Phi) is 5.95. The first-order chi connectivity index (χ1) is 10.6. The molecule has 0 spiro atoms. The Labute approximate surface area is 132 Å². The number of likely N-dealkylation sites (N-methyl/N-ethyl adjacent to an activating group) is 1. The van der Waals surface area contributed by atoms with Crippen LogP contribution in [0.4, 0.5) is 5.69 Å². The van der Waals surface area contributed by atoms with Crippen LogP contribution in [0.25, 0.3) is 0 Å². The van der Waals surface area contributed by atoms with Gasteiger partial charge in [0.25, 0.3) is 0 Å². The summed E-state index contributed by atoms with van der Waals surface area (Å²) in [6.07, 6.45) is 2.94. The lowest BCUT2D eigenvalue weighted by Gasteiger charge is -2.37. The number of amides is 2. The van der Waals surface area contributed by atoms with Gasteiger partial charge in [-0.05, 0) is 45.0 Å². The van der Waals surface area contributed by atoms with Gasteiger partial charge in [0, 0.05) is 25.7 Å². The first-order valence-corrected chi connectivity index (χ1v) is 7.92. The molecule has 0 radical (unpaired) electrons. The minimum atomic E-state index is -0.337. The lowest BCUT2D eigenvalue weighted by atomic mass is 10.0. The number of anilines is 1. The summed E-state index contributed by atoms with van der Waals surface area (Å²) in [7, 11) is 3.62. The van der Waals surface area contributed by atoms with Gasteiger partial charge >= 0.3 is 0 Å². The fourth-order valence-electron chi connectivity index (χ4n) is 2.85. The molecule has 0 bridgehead atoms. The van der Waals surface area contributed by atoms with Crippen LogP contribution in [0, 0.1) is 0 Å². The number of rotatable bonds is 6. The van der Waals surface area contributed by atoms with Gasteiger partial charge in [-0.15, -0.1) is 0 Å². The highest BCUT2D eigenvalue weighted by molar-refractivity contribution is 5.99. The van der Waals surface area contributed by atoms with Crippen LogP contribution in [0.3, 0.4) is 0 Å². The summed E-state index contributed by atoms with van der Waals surface area (Å²) in [5.41, 5.74) is 0.910. The normalized spacial score (nSPS) is 18.4. The first-order valence-electron chi connectivity index (χ1n) is 7.92. The van der Waals surface area contributed by atoms with Gasteiger partial charge in [-0.2, -0.15) is 0 Å². The maximum atomic E-state index is 12.7. The van der Waals surface area contributed by atoms with E-state index in [1.54, 1.807) is 16.8 Å². The second kappa shape index (κ2) is 7.94. The maximum absolute atomic E-state index is 12.7. The molecule has 1 aliphatic rings. The van der Waals surface area contributed by atoms with E-state index in [2.05, 4.69) is 5.32 Å². The van der Waals surface area contributed by atoms with Crippen LogP contribution in [0.2, 0.25) is 0 Å². The summed E-state index contributed by atoms with van der Waals surface area (Å²) in [5.74, 6) is 0.0745. The van der Waals surface area contributed by atoms with Crippen LogP contribution in [-0.2, 0) is 9.59 Å². The molecule has 1 heterocycles. The van der Waals surface area contributed by atoms with Gasteiger partial charge in [0.2, 0.25) is 11.8 Å². The monoisotopic (exact) mass is 303 g/mol. The zero-order chi connectivity index (χ0) is 15.9. The van der Waals surface area contributed by atoms with Crippen molar-refractivity contribution in [3.63, 3.8) is 0 Å². The molecule has 2 amide bonds. The summed E-state index contributed by atoms with van der Waals surface area (Å²) in [6.45, 7) is 1.54. The summed E-state index contributed by atoms with van der Waals surface area (Å²) in [5, 5.41) is 3.03. The van der Waals surface area contributed by atoms with Crippen LogP contribution in [0.5, 0.6) is 0 Å². The molecule has 120 valence electrons. The van der Waals surface area contributed by atoms with Crippen molar-refractivity contribution in [3.05, 3.63) is 30.3 Å². The number of hydrogen-bond acceptors (Lipinski definition) is 3. The second-order valence-corrected chi connectivity index (χ2v) is 5.70. The lowest BCUT2D eigenvalue weighted by molar-refractivity contribution is -0.139. The van der Waals surface area contributed by atoms with Crippen LogP contribution < -0.4 is 10.2 Å². The van der Waals surface area contributed by atoms with Gasteiger partial charge < -0.3 is 15.1 Å². The summed E-state index contributed by atoms with van der Waals surface area (Å²) >= 11 is 0. The van der Waals surface area contributed by atoms with Gasteiger partial charge in [0.1, 0.15) is 6.04 Å². The van der Waals surface area contributed by atoms with Crippen molar-refractivity contribution in [1.82, 2.24) is 10.2 Å². The Balaban J connectivity index is 2.02. The lowest BCUT2D eigenvalue weighted by Crippen LogP contribution is -2.53. The molecule has 0 aromatic heterocycles. The number of carbonyl (C=O) groups excluding carboxylic acids is 2. The van der Waals surface area contributed by atoms with Crippen molar-refractivity contribution in [2.45, 2.75) is 31.7 Å². The quantitative estimate of drug-likeness (QED) is 0.813. The molecule has 0 saturated carbocycles. The third-order valence-electron chi connectivity index (χ3n) is 4.16. The van der Waals surface area contributed by atoms with E-state index in [-0.39, 0.29) is 17.9 Å². The number of benzene rings is 1. The van der Waals surface area contributed by atoms with Gasteiger partial charge in [0.15, 0.2) is 0 Å². The molecule has 1 aromatic carbocycles. The minimum absolute atomic E-state index is 0.0296. The second-order valence-electron chi connectivity index (χ2n) is 5.70. The van der Waals surface area contributed by atoms with Crippen molar-refractivity contribution in [2.24, 2.45) is 0 Å². The molecule has 1 atom stereocenters. The molecular weight excluding hydrogens is 278 g/mol. The first kappa shape index (κ1) is 16.5. The van der Waals surface area contributed by atoms with E-state index in [9.17, 15) is 9.59 Å². The van der Waals surface area contributed by atoms with E-state index in [0.717, 1.165) is 38.0 Å². The Morgan fingerprint density at radius 3 is 2.77 bits per heavy atom. The van der Waals surface area contributed by atoms with Gasteiger partial charge in [-0.1, -0.05) is 18.2 Å².